The fourth-order valence-electron chi connectivity index (χ4n) is 2.29. The maximum atomic E-state index is 5.70. The number of anilines is 2. The number of rotatable bonds is 6. The highest BCUT2D eigenvalue weighted by atomic mass is 15.1. The summed E-state index contributed by atoms with van der Waals surface area (Å²) in [5.41, 5.74) is 11.0. The molecule has 0 radical (unpaired) electrons. The molecule has 2 heteroatoms. The van der Waals surface area contributed by atoms with Crippen molar-refractivity contribution >= 4 is 23.0 Å². The van der Waals surface area contributed by atoms with Gasteiger partial charge in [-0.25, -0.2) is 0 Å². The Bertz CT molecular complexity index is 637. The van der Waals surface area contributed by atoms with Crippen LogP contribution in [0.1, 0.15) is 38.3 Å². The van der Waals surface area contributed by atoms with Crippen molar-refractivity contribution in [2.45, 2.75) is 27.2 Å². The zero-order valence-corrected chi connectivity index (χ0v) is 15.4. The topological polar surface area (TPSA) is 29.3 Å². The summed E-state index contributed by atoms with van der Waals surface area (Å²) in [6, 6.07) is 16.3. The standard InChI is InChI=1S/C20H24N2.C2H6/c1-4-15-22(3)20-13-7-17(8-14-20)6-5-16(2)18-9-11-19(21)12-10-18;1-2/h5-14H,2,4,15,21H2,1,3H3;1-2H3/b6-5+;. The van der Waals surface area contributed by atoms with Gasteiger partial charge in [0.2, 0.25) is 0 Å². The smallest absolute Gasteiger partial charge is 0.0364 e. The Morgan fingerprint density at radius 1 is 1.04 bits per heavy atom. The van der Waals surface area contributed by atoms with E-state index in [1.54, 1.807) is 0 Å². The maximum absolute atomic E-state index is 5.70. The van der Waals surface area contributed by atoms with Gasteiger partial charge in [-0.1, -0.05) is 63.8 Å². The van der Waals surface area contributed by atoms with Crippen molar-refractivity contribution in [1.29, 1.82) is 0 Å². The molecule has 0 spiro atoms. The molecule has 2 rings (SSSR count). The molecule has 2 N–H and O–H groups in total. The van der Waals surface area contributed by atoms with E-state index in [0.717, 1.165) is 29.8 Å². The fourth-order valence-corrected chi connectivity index (χ4v) is 2.29. The Hall–Kier alpha value is -2.48. The molecule has 128 valence electrons. The van der Waals surface area contributed by atoms with E-state index in [0.29, 0.717) is 0 Å². The third-order valence-electron chi connectivity index (χ3n) is 3.65. The number of allylic oxidation sites excluding steroid dienone is 2. The fraction of sp³-hybridized carbons (Fsp3) is 0.273. The molecule has 2 nitrogen and oxygen atoms in total. The summed E-state index contributed by atoms with van der Waals surface area (Å²) in [5.74, 6) is 0. The summed E-state index contributed by atoms with van der Waals surface area (Å²) >= 11 is 0. The molecule has 24 heavy (non-hydrogen) atoms. The molecule has 2 aromatic rings. The van der Waals surface area contributed by atoms with E-state index in [-0.39, 0.29) is 0 Å². The Morgan fingerprint density at radius 3 is 2.17 bits per heavy atom. The van der Waals surface area contributed by atoms with Gasteiger partial charge in [0.05, 0.1) is 0 Å². The van der Waals surface area contributed by atoms with Crippen LogP contribution in [-0.4, -0.2) is 13.6 Å². The first-order valence-electron chi connectivity index (χ1n) is 8.64. The van der Waals surface area contributed by atoms with Gasteiger partial charge in [0.1, 0.15) is 0 Å². The summed E-state index contributed by atoms with van der Waals surface area (Å²) in [6.45, 7) is 11.4. The van der Waals surface area contributed by atoms with Crippen molar-refractivity contribution in [1.82, 2.24) is 0 Å². The number of benzene rings is 2. The second kappa shape index (κ2) is 10.3. The van der Waals surface area contributed by atoms with Crippen molar-refractivity contribution in [3.05, 3.63) is 72.3 Å². The predicted octanol–water partition coefficient (Wildman–Crippen LogP) is 5.87. The largest absolute Gasteiger partial charge is 0.399 e. The van der Waals surface area contributed by atoms with Crippen LogP contribution in [0.4, 0.5) is 11.4 Å². The Labute approximate surface area is 147 Å². The van der Waals surface area contributed by atoms with Crippen LogP contribution < -0.4 is 10.6 Å². The second-order valence-corrected chi connectivity index (χ2v) is 5.49. The van der Waals surface area contributed by atoms with Gasteiger partial charge in [0, 0.05) is 25.0 Å². The molecular weight excluding hydrogens is 292 g/mol. The van der Waals surface area contributed by atoms with Crippen LogP contribution in [0.5, 0.6) is 0 Å². The number of nitrogen functional groups attached to an aromatic ring is 1. The van der Waals surface area contributed by atoms with Crippen LogP contribution in [0.2, 0.25) is 0 Å². The quantitative estimate of drug-likeness (QED) is 0.532. The minimum Gasteiger partial charge on any atom is -0.399 e. The molecule has 0 heterocycles. The van der Waals surface area contributed by atoms with E-state index in [1.807, 2.05) is 44.2 Å². The van der Waals surface area contributed by atoms with Crippen LogP contribution in [-0.2, 0) is 0 Å². The number of nitrogens with two attached hydrogens (primary N) is 1. The Balaban J connectivity index is 0.00000139. The first-order valence-corrected chi connectivity index (χ1v) is 8.64. The highest BCUT2D eigenvalue weighted by Gasteiger charge is 1.99. The molecule has 0 saturated heterocycles. The normalized spacial score (nSPS) is 10.2. The molecule has 2 aromatic carbocycles. The van der Waals surface area contributed by atoms with Gasteiger partial charge < -0.3 is 10.6 Å². The number of nitrogens with zero attached hydrogens (tertiary/aromatic N) is 1. The van der Waals surface area contributed by atoms with Crippen molar-refractivity contribution in [3.8, 4) is 0 Å². The minimum absolute atomic E-state index is 0.771. The lowest BCUT2D eigenvalue weighted by atomic mass is 10.1. The van der Waals surface area contributed by atoms with Gasteiger partial charge in [-0.05, 0) is 47.4 Å². The van der Waals surface area contributed by atoms with Gasteiger partial charge >= 0.3 is 0 Å². The predicted molar refractivity (Wildman–Crippen MR) is 110 cm³/mol. The van der Waals surface area contributed by atoms with Gasteiger partial charge in [-0.2, -0.15) is 0 Å². The maximum Gasteiger partial charge on any atom is 0.0364 e. The van der Waals surface area contributed by atoms with Gasteiger partial charge in [0.15, 0.2) is 0 Å². The average Bonchev–Trinajstić information content (AvgIpc) is 2.62. The van der Waals surface area contributed by atoms with E-state index in [1.165, 1.54) is 11.3 Å². The van der Waals surface area contributed by atoms with Crippen LogP contribution in [0.25, 0.3) is 11.6 Å². The van der Waals surface area contributed by atoms with E-state index in [2.05, 4.69) is 55.8 Å². The molecule has 0 bridgehead atoms. The molecule has 0 aromatic heterocycles. The highest BCUT2D eigenvalue weighted by Crippen LogP contribution is 2.19. The first kappa shape index (κ1) is 19.6. The van der Waals surface area contributed by atoms with Crippen LogP contribution >= 0.6 is 0 Å². The molecule has 0 aliphatic rings. The average molecular weight is 322 g/mol. The summed E-state index contributed by atoms with van der Waals surface area (Å²) in [6.07, 6.45) is 5.28. The molecule has 0 saturated carbocycles. The summed E-state index contributed by atoms with van der Waals surface area (Å²) in [5, 5.41) is 0. The molecule has 0 atom stereocenters. The highest BCUT2D eigenvalue weighted by molar-refractivity contribution is 5.78. The molecule has 0 amide bonds. The van der Waals surface area contributed by atoms with E-state index < -0.39 is 0 Å². The number of hydrogen-bond donors (Lipinski definition) is 1. The summed E-state index contributed by atoms with van der Waals surface area (Å²) < 4.78 is 0. The third kappa shape index (κ3) is 5.96. The van der Waals surface area contributed by atoms with Gasteiger partial charge in [0.25, 0.3) is 0 Å². The lowest BCUT2D eigenvalue weighted by Gasteiger charge is -2.18. The molecule has 0 aliphatic carbocycles. The van der Waals surface area contributed by atoms with E-state index in [9.17, 15) is 0 Å². The second-order valence-electron chi connectivity index (χ2n) is 5.49. The number of hydrogen-bond acceptors (Lipinski definition) is 2. The molecule has 0 unspecified atom stereocenters. The molecule has 0 aliphatic heterocycles. The zero-order valence-electron chi connectivity index (χ0n) is 15.4. The van der Waals surface area contributed by atoms with Gasteiger partial charge in [-0.3, -0.25) is 0 Å². The Kier molecular flexibility index (Phi) is 8.42. The van der Waals surface area contributed by atoms with E-state index >= 15 is 0 Å². The third-order valence-corrected chi connectivity index (χ3v) is 3.65. The van der Waals surface area contributed by atoms with Crippen LogP contribution in [0.3, 0.4) is 0 Å². The minimum atomic E-state index is 0.771. The van der Waals surface area contributed by atoms with Crippen molar-refractivity contribution in [2.75, 3.05) is 24.2 Å². The summed E-state index contributed by atoms with van der Waals surface area (Å²) in [4.78, 5) is 2.26. The van der Waals surface area contributed by atoms with Crippen molar-refractivity contribution in [2.24, 2.45) is 0 Å². The van der Waals surface area contributed by atoms with Crippen molar-refractivity contribution in [3.63, 3.8) is 0 Å². The van der Waals surface area contributed by atoms with Crippen LogP contribution in [0, 0.1) is 0 Å². The lowest BCUT2D eigenvalue weighted by molar-refractivity contribution is 0.852. The van der Waals surface area contributed by atoms with E-state index in [4.69, 9.17) is 5.73 Å². The Morgan fingerprint density at radius 2 is 1.62 bits per heavy atom. The monoisotopic (exact) mass is 322 g/mol. The van der Waals surface area contributed by atoms with Crippen LogP contribution in [0.15, 0.2) is 61.2 Å². The van der Waals surface area contributed by atoms with Crippen molar-refractivity contribution < 1.29 is 0 Å². The van der Waals surface area contributed by atoms with Gasteiger partial charge in [-0.15, -0.1) is 0 Å². The summed E-state index contributed by atoms with van der Waals surface area (Å²) in [7, 11) is 2.12. The zero-order chi connectivity index (χ0) is 17.9. The molecular formula is C22H30N2. The SMILES string of the molecule is C=C(/C=C/c1ccc(N(C)CCC)cc1)c1ccc(N)cc1.CC. The molecule has 0 fully saturated rings. The first-order chi connectivity index (χ1) is 11.6. The lowest BCUT2D eigenvalue weighted by Crippen LogP contribution is -2.17.